The number of rotatable bonds is 8. The number of fused-ring (bicyclic) bond motifs is 1. The smallest absolute Gasteiger partial charge is 0.132 e. The van der Waals surface area contributed by atoms with Crippen LogP contribution in [-0.2, 0) is 13.1 Å². The number of nitrogens with zero attached hydrogens (tertiary/aromatic N) is 3. The number of aromatic nitrogens is 4. The van der Waals surface area contributed by atoms with Crippen LogP contribution >= 0.6 is 0 Å². The summed E-state index contributed by atoms with van der Waals surface area (Å²) in [6.45, 7) is 1.41. The van der Waals surface area contributed by atoms with Crippen LogP contribution in [0.25, 0.3) is 33.4 Å². The molecule has 7 nitrogen and oxygen atoms in total. The van der Waals surface area contributed by atoms with Crippen molar-refractivity contribution in [1.82, 2.24) is 25.3 Å². The van der Waals surface area contributed by atoms with Gasteiger partial charge in [0.2, 0.25) is 0 Å². The minimum atomic E-state index is -0.356. The predicted octanol–water partition coefficient (Wildman–Crippen LogP) is 6.11. The van der Waals surface area contributed by atoms with Crippen molar-refractivity contribution in [1.29, 1.82) is 5.41 Å². The Labute approximate surface area is 230 Å². The Balaban J connectivity index is 1.27. The van der Waals surface area contributed by atoms with Crippen molar-refractivity contribution < 1.29 is 4.39 Å². The highest BCUT2D eigenvalue weighted by atomic mass is 19.1. The predicted molar refractivity (Wildman–Crippen MR) is 156 cm³/mol. The van der Waals surface area contributed by atoms with Crippen molar-refractivity contribution in [2.45, 2.75) is 13.1 Å². The molecule has 40 heavy (non-hydrogen) atoms. The number of anilines is 1. The van der Waals surface area contributed by atoms with E-state index in [0.29, 0.717) is 46.0 Å². The minimum absolute atomic E-state index is 0.128. The summed E-state index contributed by atoms with van der Waals surface area (Å²) in [7, 11) is 0. The topological polar surface area (TPSA) is 116 Å². The van der Waals surface area contributed by atoms with Crippen LogP contribution in [0.5, 0.6) is 0 Å². The zero-order valence-electron chi connectivity index (χ0n) is 21.5. The van der Waals surface area contributed by atoms with Gasteiger partial charge < -0.3 is 16.0 Å². The Morgan fingerprint density at radius 3 is 2.55 bits per heavy atom. The number of pyridine rings is 3. The second-order valence-electron chi connectivity index (χ2n) is 9.46. The van der Waals surface area contributed by atoms with Gasteiger partial charge in [-0.2, -0.15) is 0 Å². The zero-order valence-corrected chi connectivity index (χ0v) is 21.5. The molecule has 0 radical (unpaired) electrons. The maximum absolute atomic E-state index is 14.5. The molecule has 0 fully saturated rings. The molecule has 8 heteroatoms. The number of nitrogens with two attached hydrogens (primary N) is 1. The molecule has 0 aliphatic carbocycles. The average Bonchev–Trinajstić information content (AvgIpc) is 3.43. The maximum atomic E-state index is 14.5. The third-order valence-corrected chi connectivity index (χ3v) is 6.70. The normalized spacial score (nSPS) is 11.1. The summed E-state index contributed by atoms with van der Waals surface area (Å²) in [4.78, 5) is 16.8. The first-order valence-electron chi connectivity index (χ1n) is 12.8. The summed E-state index contributed by atoms with van der Waals surface area (Å²) in [5.41, 5.74) is 13.0. The summed E-state index contributed by atoms with van der Waals surface area (Å²) in [6, 6.07) is 25.9. The Bertz CT molecular complexity index is 1830. The van der Waals surface area contributed by atoms with Crippen LogP contribution in [0.1, 0.15) is 22.5 Å². The van der Waals surface area contributed by atoms with E-state index in [1.54, 1.807) is 48.8 Å². The number of hydrogen-bond acceptors (Lipinski definition) is 6. The number of aromatic amines is 1. The molecule has 4 heterocycles. The molecule has 0 amide bonds. The molecule has 0 aliphatic heterocycles. The molecule has 2 aromatic carbocycles. The highest BCUT2D eigenvalue weighted by Crippen LogP contribution is 2.30. The standard InChI is InChI=1S/C32H26FN7/c33-25-9-5-4-8-23(25)31-24-15-29(39-28(24)12-13-38-31)30(35)32-26(34)10-11-27(40-32)22-14-21(18-37-19-22)17-36-16-20-6-2-1-3-7-20/h1-15,18-19,35-36,39H,16-17,34H2. The van der Waals surface area contributed by atoms with E-state index in [1.165, 1.54) is 11.6 Å². The third kappa shape index (κ3) is 5.08. The van der Waals surface area contributed by atoms with Gasteiger partial charge in [0.05, 0.1) is 22.8 Å². The molecule has 5 N–H and O–H groups in total. The van der Waals surface area contributed by atoms with Crippen LogP contribution in [0.4, 0.5) is 10.1 Å². The lowest BCUT2D eigenvalue weighted by Gasteiger charge is -2.10. The molecule has 0 unspecified atom stereocenters. The molecule has 0 saturated heterocycles. The van der Waals surface area contributed by atoms with Crippen molar-refractivity contribution in [2.24, 2.45) is 0 Å². The molecule has 0 atom stereocenters. The first-order valence-corrected chi connectivity index (χ1v) is 12.8. The molecule has 6 aromatic rings. The minimum Gasteiger partial charge on any atom is -0.397 e. The maximum Gasteiger partial charge on any atom is 0.132 e. The lowest BCUT2D eigenvalue weighted by molar-refractivity contribution is 0.631. The van der Waals surface area contributed by atoms with Crippen molar-refractivity contribution in [3.63, 3.8) is 0 Å². The van der Waals surface area contributed by atoms with Gasteiger partial charge in [-0.1, -0.05) is 42.5 Å². The Morgan fingerprint density at radius 2 is 1.70 bits per heavy atom. The average molecular weight is 528 g/mol. The quantitative estimate of drug-likeness (QED) is 0.178. The number of benzene rings is 2. The van der Waals surface area contributed by atoms with E-state index < -0.39 is 0 Å². The fourth-order valence-electron chi connectivity index (χ4n) is 4.69. The Hall–Kier alpha value is -5.21. The lowest BCUT2D eigenvalue weighted by atomic mass is 10.1. The van der Waals surface area contributed by atoms with E-state index in [-0.39, 0.29) is 11.5 Å². The number of H-pyrrole nitrogens is 1. The van der Waals surface area contributed by atoms with E-state index >= 15 is 0 Å². The summed E-state index contributed by atoms with van der Waals surface area (Å²) >= 11 is 0. The van der Waals surface area contributed by atoms with Crippen molar-refractivity contribution in [3.05, 3.63) is 132 Å². The summed E-state index contributed by atoms with van der Waals surface area (Å²) in [5.74, 6) is -0.356. The zero-order chi connectivity index (χ0) is 27.5. The highest BCUT2D eigenvalue weighted by molar-refractivity contribution is 6.14. The van der Waals surface area contributed by atoms with Gasteiger partial charge in [0.15, 0.2) is 0 Å². The van der Waals surface area contributed by atoms with Crippen LogP contribution in [0.3, 0.4) is 0 Å². The Kier molecular flexibility index (Phi) is 6.82. The monoisotopic (exact) mass is 527 g/mol. The summed E-state index contributed by atoms with van der Waals surface area (Å²) in [5, 5.41) is 13.1. The number of hydrogen-bond donors (Lipinski definition) is 4. The van der Waals surface area contributed by atoms with E-state index in [9.17, 15) is 4.39 Å². The van der Waals surface area contributed by atoms with Gasteiger partial charge in [-0.3, -0.25) is 15.4 Å². The largest absolute Gasteiger partial charge is 0.397 e. The van der Waals surface area contributed by atoms with E-state index in [0.717, 1.165) is 23.2 Å². The first-order chi connectivity index (χ1) is 19.6. The number of nitrogen functional groups attached to an aromatic ring is 1. The molecular formula is C32H26FN7. The molecule has 4 aromatic heterocycles. The third-order valence-electron chi connectivity index (χ3n) is 6.70. The number of halogens is 1. The van der Waals surface area contributed by atoms with E-state index in [4.69, 9.17) is 16.1 Å². The SMILES string of the molecule is N=C(c1cc2c(-c3ccccc3F)nccc2[nH]1)c1nc(-c2cncc(CNCc3ccccc3)c2)ccc1N. The van der Waals surface area contributed by atoms with Gasteiger partial charge >= 0.3 is 0 Å². The van der Waals surface area contributed by atoms with Gasteiger partial charge in [-0.05, 0) is 53.6 Å². The van der Waals surface area contributed by atoms with E-state index in [1.807, 2.05) is 36.5 Å². The highest BCUT2D eigenvalue weighted by Gasteiger charge is 2.18. The molecule has 0 saturated carbocycles. The molecule has 6 rings (SSSR count). The first kappa shape index (κ1) is 25.1. The van der Waals surface area contributed by atoms with Crippen LogP contribution < -0.4 is 11.1 Å². The van der Waals surface area contributed by atoms with Gasteiger partial charge in [-0.25, -0.2) is 9.37 Å². The second kappa shape index (κ2) is 10.9. The molecule has 196 valence electrons. The summed E-state index contributed by atoms with van der Waals surface area (Å²) < 4.78 is 14.5. The number of nitrogens with one attached hydrogen (secondary N) is 3. The second-order valence-corrected chi connectivity index (χ2v) is 9.46. The molecule has 0 aliphatic rings. The fraction of sp³-hybridized carbons (Fsp3) is 0.0625. The molecule has 0 spiro atoms. The summed E-state index contributed by atoms with van der Waals surface area (Å²) in [6.07, 6.45) is 5.20. The lowest BCUT2D eigenvalue weighted by Crippen LogP contribution is -2.13. The van der Waals surface area contributed by atoms with Crippen LogP contribution in [0.2, 0.25) is 0 Å². The molecule has 0 bridgehead atoms. The van der Waals surface area contributed by atoms with Gasteiger partial charge in [0.1, 0.15) is 17.2 Å². The van der Waals surface area contributed by atoms with Gasteiger partial charge in [0.25, 0.3) is 0 Å². The van der Waals surface area contributed by atoms with Crippen molar-refractivity contribution >= 4 is 22.3 Å². The van der Waals surface area contributed by atoms with Crippen LogP contribution in [0.15, 0.2) is 104 Å². The van der Waals surface area contributed by atoms with Gasteiger partial charge in [-0.15, -0.1) is 0 Å². The molecular weight excluding hydrogens is 501 g/mol. The Morgan fingerprint density at radius 1 is 0.900 bits per heavy atom. The van der Waals surface area contributed by atoms with E-state index in [2.05, 4.69) is 32.4 Å². The van der Waals surface area contributed by atoms with Crippen molar-refractivity contribution in [2.75, 3.05) is 5.73 Å². The van der Waals surface area contributed by atoms with Crippen molar-refractivity contribution in [3.8, 4) is 22.5 Å². The fourth-order valence-corrected chi connectivity index (χ4v) is 4.69. The van der Waals surface area contributed by atoms with Gasteiger partial charge in [0, 0.05) is 53.7 Å². The van der Waals surface area contributed by atoms with Crippen LogP contribution in [0, 0.1) is 11.2 Å². The van der Waals surface area contributed by atoms with Crippen LogP contribution in [-0.4, -0.2) is 25.6 Å².